The number of alkyl halides is 1. The second-order valence-corrected chi connectivity index (χ2v) is 8.38. The summed E-state index contributed by atoms with van der Waals surface area (Å²) in [6, 6.07) is 17.4. The monoisotopic (exact) mass is 426 g/mol. The van der Waals surface area contributed by atoms with E-state index < -0.39 is 6.04 Å². The number of aryl methyl sites for hydroxylation is 1. The third-order valence-corrected chi connectivity index (χ3v) is 6.05. The summed E-state index contributed by atoms with van der Waals surface area (Å²) in [5, 5.41) is 3.21. The quantitative estimate of drug-likeness (QED) is 0.616. The van der Waals surface area contributed by atoms with Crippen molar-refractivity contribution in [1.82, 2.24) is 10.2 Å². The van der Waals surface area contributed by atoms with Crippen LogP contribution in [-0.4, -0.2) is 35.2 Å². The molecule has 0 aliphatic heterocycles. The molecule has 0 saturated heterocycles. The van der Waals surface area contributed by atoms with Crippen LogP contribution in [0.4, 0.5) is 0 Å². The number of nitrogens with one attached hydrogen (secondary N) is 1. The first-order valence-electron chi connectivity index (χ1n) is 10.8. The molecule has 1 atom stereocenters. The molecule has 0 unspecified atom stereocenters. The lowest BCUT2D eigenvalue weighted by Gasteiger charge is -2.33. The van der Waals surface area contributed by atoms with E-state index in [-0.39, 0.29) is 23.7 Å². The van der Waals surface area contributed by atoms with Crippen LogP contribution in [0.1, 0.15) is 54.8 Å². The van der Waals surface area contributed by atoms with Gasteiger partial charge >= 0.3 is 0 Å². The van der Waals surface area contributed by atoms with Crippen LogP contribution in [0.5, 0.6) is 0 Å². The lowest BCUT2D eigenvalue weighted by molar-refractivity contribution is -0.139. The van der Waals surface area contributed by atoms with Crippen LogP contribution in [0, 0.1) is 6.92 Å². The fraction of sp³-hybridized carbons (Fsp3) is 0.440. The number of carbonyl (C=O) groups excluding carboxylic acids is 2. The molecule has 0 bridgehead atoms. The molecule has 1 saturated carbocycles. The topological polar surface area (TPSA) is 49.4 Å². The highest BCUT2D eigenvalue weighted by atomic mass is 35.5. The van der Waals surface area contributed by atoms with Crippen LogP contribution < -0.4 is 5.32 Å². The summed E-state index contributed by atoms with van der Waals surface area (Å²) in [4.78, 5) is 27.9. The number of nitrogens with zero attached hydrogens (tertiary/aromatic N) is 1. The Hall–Kier alpha value is -2.33. The van der Waals surface area contributed by atoms with Crippen molar-refractivity contribution in [3.63, 3.8) is 0 Å². The molecule has 1 fully saturated rings. The minimum Gasteiger partial charge on any atom is -0.351 e. The normalized spacial score (nSPS) is 15.4. The SMILES string of the molecule is Cc1ccc([C@H](C(=O)NC2CCCCC2)N(CCc2ccccc2)C(=O)CCl)cc1. The van der Waals surface area contributed by atoms with Gasteiger partial charge in [-0.1, -0.05) is 79.4 Å². The molecule has 160 valence electrons. The zero-order chi connectivity index (χ0) is 21.3. The van der Waals surface area contributed by atoms with Crippen LogP contribution in [0.3, 0.4) is 0 Å². The van der Waals surface area contributed by atoms with E-state index in [4.69, 9.17) is 11.6 Å². The van der Waals surface area contributed by atoms with Crippen molar-refractivity contribution < 1.29 is 9.59 Å². The van der Waals surface area contributed by atoms with Crippen LogP contribution >= 0.6 is 11.6 Å². The number of benzene rings is 2. The molecule has 0 heterocycles. The van der Waals surface area contributed by atoms with Crippen molar-refractivity contribution in [3.05, 3.63) is 71.3 Å². The number of carbonyl (C=O) groups is 2. The molecule has 2 amide bonds. The molecule has 0 spiro atoms. The second-order valence-electron chi connectivity index (χ2n) is 8.11. The number of halogens is 1. The molecule has 5 heteroatoms. The Kier molecular flexibility index (Phi) is 8.32. The first kappa shape index (κ1) is 22.4. The summed E-state index contributed by atoms with van der Waals surface area (Å²) in [6.07, 6.45) is 6.17. The Balaban J connectivity index is 1.86. The molecule has 4 nitrogen and oxygen atoms in total. The van der Waals surface area contributed by atoms with Crippen molar-refractivity contribution in [2.75, 3.05) is 12.4 Å². The predicted molar refractivity (Wildman–Crippen MR) is 122 cm³/mol. The van der Waals surface area contributed by atoms with Crippen molar-refractivity contribution in [2.45, 2.75) is 57.5 Å². The molecule has 0 radical (unpaired) electrons. The molecule has 1 aliphatic carbocycles. The van der Waals surface area contributed by atoms with Gasteiger partial charge in [-0.3, -0.25) is 9.59 Å². The molecule has 2 aromatic carbocycles. The van der Waals surface area contributed by atoms with Gasteiger partial charge in [-0.15, -0.1) is 11.6 Å². The predicted octanol–water partition coefficient (Wildman–Crippen LogP) is 4.80. The third-order valence-electron chi connectivity index (χ3n) is 5.82. The highest BCUT2D eigenvalue weighted by Crippen LogP contribution is 2.25. The molecule has 3 rings (SSSR count). The van der Waals surface area contributed by atoms with Gasteiger partial charge in [0.05, 0.1) is 0 Å². The number of hydrogen-bond donors (Lipinski definition) is 1. The van der Waals surface area contributed by atoms with E-state index in [9.17, 15) is 9.59 Å². The maximum Gasteiger partial charge on any atom is 0.247 e. The van der Waals surface area contributed by atoms with E-state index in [0.29, 0.717) is 13.0 Å². The van der Waals surface area contributed by atoms with Gasteiger partial charge in [-0.2, -0.15) is 0 Å². The van der Waals surface area contributed by atoms with Gasteiger partial charge in [0.2, 0.25) is 11.8 Å². The number of rotatable bonds is 8. The van der Waals surface area contributed by atoms with Gasteiger partial charge < -0.3 is 10.2 Å². The lowest BCUT2D eigenvalue weighted by atomic mass is 9.94. The summed E-state index contributed by atoms with van der Waals surface area (Å²) >= 11 is 5.96. The average Bonchev–Trinajstić information content (AvgIpc) is 2.78. The van der Waals surface area contributed by atoms with E-state index in [1.807, 2.05) is 61.5 Å². The first-order chi connectivity index (χ1) is 14.6. The summed E-state index contributed by atoms with van der Waals surface area (Å²) in [5.41, 5.74) is 3.06. The van der Waals surface area contributed by atoms with E-state index in [0.717, 1.165) is 42.4 Å². The van der Waals surface area contributed by atoms with Gasteiger partial charge in [-0.25, -0.2) is 0 Å². The fourth-order valence-electron chi connectivity index (χ4n) is 4.12. The van der Waals surface area contributed by atoms with Crippen molar-refractivity contribution in [1.29, 1.82) is 0 Å². The smallest absolute Gasteiger partial charge is 0.247 e. The Morgan fingerprint density at radius 3 is 2.33 bits per heavy atom. The van der Waals surface area contributed by atoms with Crippen molar-refractivity contribution >= 4 is 23.4 Å². The average molecular weight is 427 g/mol. The second kappa shape index (κ2) is 11.2. The highest BCUT2D eigenvalue weighted by molar-refractivity contribution is 6.27. The number of hydrogen-bond acceptors (Lipinski definition) is 2. The van der Waals surface area contributed by atoms with E-state index in [1.165, 1.54) is 6.42 Å². The molecule has 0 aromatic heterocycles. The standard InChI is InChI=1S/C25H31ClN2O2/c1-19-12-14-21(15-13-19)24(25(30)27-22-10-6-3-7-11-22)28(23(29)18-26)17-16-20-8-4-2-5-9-20/h2,4-5,8-9,12-15,22,24H,3,6-7,10-11,16-18H2,1H3,(H,27,30)/t24-/m1/s1. The Labute approximate surface area is 184 Å². The molecular formula is C25H31ClN2O2. The minimum absolute atomic E-state index is 0.114. The van der Waals surface area contributed by atoms with Crippen LogP contribution in [0.25, 0.3) is 0 Å². The van der Waals surface area contributed by atoms with Crippen LogP contribution in [-0.2, 0) is 16.0 Å². The molecule has 1 aliphatic rings. The molecule has 1 N–H and O–H groups in total. The van der Waals surface area contributed by atoms with Gasteiger partial charge in [-0.05, 0) is 37.3 Å². The van der Waals surface area contributed by atoms with Crippen LogP contribution in [0.15, 0.2) is 54.6 Å². The van der Waals surface area contributed by atoms with Crippen molar-refractivity contribution in [2.24, 2.45) is 0 Å². The highest BCUT2D eigenvalue weighted by Gasteiger charge is 2.32. The first-order valence-corrected chi connectivity index (χ1v) is 11.4. The summed E-state index contributed by atoms with van der Waals surface area (Å²) in [6.45, 7) is 2.45. The van der Waals surface area contributed by atoms with Gasteiger partial charge in [0, 0.05) is 12.6 Å². The Bertz CT molecular complexity index is 817. The molecular weight excluding hydrogens is 396 g/mol. The van der Waals surface area contributed by atoms with E-state index in [2.05, 4.69) is 5.32 Å². The zero-order valence-electron chi connectivity index (χ0n) is 17.6. The van der Waals surface area contributed by atoms with E-state index >= 15 is 0 Å². The Morgan fingerprint density at radius 2 is 1.70 bits per heavy atom. The van der Waals surface area contributed by atoms with Gasteiger partial charge in [0.15, 0.2) is 0 Å². The maximum atomic E-state index is 13.4. The minimum atomic E-state index is -0.678. The Morgan fingerprint density at radius 1 is 1.03 bits per heavy atom. The zero-order valence-corrected chi connectivity index (χ0v) is 18.4. The number of amides is 2. The van der Waals surface area contributed by atoms with Gasteiger partial charge in [0.25, 0.3) is 0 Å². The summed E-state index contributed by atoms with van der Waals surface area (Å²) in [5.74, 6) is -0.484. The van der Waals surface area contributed by atoms with E-state index in [1.54, 1.807) is 4.90 Å². The van der Waals surface area contributed by atoms with Crippen LogP contribution in [0.2, 0.25) is 0 Å². The lowest BCUT2D eigenvalue weighted by Crippen LogP contribution is -2.48. The molecule has 2 aromatic rings. The third kappa shape index (κ3) is 6.09. The van der Waals surface area contributed by atoms with Gasteiger partial charge in [0.1, 0.15) is 11.9 Å². The fourth-order valence-corrected chi connectivity index (χ4v) is 4.27. The van der Waals surface area contributed by atoms with Crippen molar-refractivity contribution in [3.8, 4) is 0 Å². The summed E-state index contributed by atoms with van der Waals surface area (Å²) in [7, 11) is 0. The molecule has 30 heavy (non-hydrogen) atoms. The largest absolute Gasteiger partial charge is 0.351 e. The summed E-state index contributed by atoms with van der Waals surface area (Å²) < 4.78 is 0. The maximum absolute atomic E-state index is 13.4.